The van der Waals surface area contributed by atoms with Gasteiger partial charge in [-0.15, -0.1) is 0 Å². The van der Waals surface area contributed by atoms with Crippen LogP contribution < -0.4 is 15.2 Å². The molecule has 1 atom stereocenters. The molecule has 1 unspecified atom stereocenters. The van der Waals surface area contributed by atoms with Crippen LogP contribution in [-0.4, -0.2) is 30.4 Å². The van der Waals surface area contributed by atoms with Crippen molar-refractivity contribution in [3.05, 3.63) is 24.0 Å². The Morgan fingerprint density at radius 2 is 2.00 bits per heavy atom. The van der Waals surface area contributed by atoms with Crippen LogP contribution in [0.4, 0.5) is 0 Å². The number of methoxy groups -OCH3 is 2. The third-order valence-electron chi connectivity index (χ3n) is 3.07. The number of aromatic nitrogens is 2. The predicted molar refractivity (Wildman–Crippen MR) is 74.8 cm³/mol. The monoisotopic (exact) mass is 277 g/mol. The van der Waals surface area contributed by atoms with E-state index in [4.69, 9.17) is 19.7 Å². The van der Waals surface area contributed by atoms with Crippen molar-refractivity contribution in [2.45, 2.75) is 25.8 Å². The number of benzene rings is 1. The molecule has 0 radical (unpaired) electrons. The first-order valence-corrected chi connectivity index (χ1v) is 6.48. The Kier molecular flexibility index (Phi) is 4.57. The second kappa shape index (κ2) is 6.38. The zero-order chi connectivity index (χ0) is 14.5. The predicted octanol–water partition coefficient (Wildman–Crippen LogP) is 2.03. The molecule has 1 aromatic carbocycles. The number of hydrogen-bond donors (Lipinski definition) is 1. The van der Waals surface area contributed by atoms with E-state index in [9.17, 15) is 0 Å². The van der Waals surface area contributed by atoms with Crippen molar-refractivity contribution in [1.29, 1.82) is 0 Å². The molecule has 1 heterocycles. The van der Waals surface area contributed by atoms with E-state index < -0.39 is 0 Å². The fourth-order valence-electron chi connectivity index (χ4n) is 1.80. The van der Waals surface area contributed by atoms with E-state index in [0.717, 1.165) is 12.0 Å². The summed E-state index contributed by atoms with van der Waals surface area (Å²) in [6.45, 7) is 2.03. The molecule has 2 rings (SSSR count). The minimum atomic E-state index is 0.0471. The quantitative estimate of drug-likeness (QED) is 0.869. The van der Waals surface area contributed by atoms with Crippen LogP contribution in [0.3, 0.4) is 0 Å². The van der Waals surface area contributed by atoms with E-state index in [-0.39, 0.29) is 6.04 Å². The van der Waals surface area contributed by atoms with Crippen LogP contribution in [0.25, 0.3) is 11.5 Å². The second-order valence-corrected chi connectivity index (χ2v) is 4.46. The van der Waals surface area contributed by atoms with Gasteiger partial charge in [0, 0.05) is 18.0 Å². The van der Waals surface area contributed by atoms with Crippen LogP contribution in [0.5, 0.6) is 11.5 Å². The SMILES string of the molecule is CCC(N)Cc1noc(-c2ccc(OC)c(OC)c2)n1. The third kappa shape index (κ3) is 3.08. The molecule has 0 aliphatic heterocycles. The topological polar surface area (TPSA) is 83.4 Å². The van der Waals surface area contributed by atoms with Crippen molar-refractivity contribution in [3.8, 4) is 23.0 Å². The van der Waals surface area contributed by atoms with Gasteiger partial charge in [0.25, 0.3) is 5.89 Å². The van der Waals surface area contributed by atoms with Crippen molar-refractivity contribution >= 4 is 0 Å². The van der Waals surface area contributed by atoms with Gasteiger partial charge in [-0.2, -0.15) is 4.98 Å². The van der Waals surface area contributed by atoms with Crippen LogP contribution in [0.15, 0.2) is 22.7 Å². The molecule has 6 nitrogen and oxygen atoms in total. The van der Waals surface area contributed by atoms with Gasteiger partial charge in [0.2, 0.25) is 0 Å². The van der Waals surface area contributed by atoms with E-state index in [1.54, 1.807) is 26.4 Å². The zero-order valence-corrected chi connectivity index (χ0v) is 11.9. The maximum absolute atomic E-state index is 5.88. The van der Waals surface area contributed by atoms with Crippen LogP contribution in [0, 0.1) is 0 Å². The van der Waals surface area contributed by atoms with Crippen molar-refractivity contribution in [2.24, 2.45) is 5.73 Å². The van der Waals surface area contributed by atoms with Crippen LogP contribution in [0.1, 0.15) is 19.2 Å². The Morgan fingerprint density at radius 1 is 1.25 bits per heavy atom. The summed E-state index contributed by atoms with van der Waals surface area (Å²) in [7, 11) is 3.18. The highest BCUT2D eigenvalue weighted by atomic mass is 16.5. The van der Waals surface area contributed by atoms with Crippen LogP contribution >= 0.6 is 0 Å². The number of ether oxygens (including phenoxy) is 2. The lowest BCUT2D eigenvalue weighted by Crippen LogP contribution is -2.21. The van der Waals surface area contributed by atoms with Gasteiger partial charge in [-0.1, -0.05) is 12.1 Å². The lowest BCUT2D eigenvalue weighted by molar-refractivity contribution is 0.355. The van der Waals surface area contributed by atoms with E-state index in [2.05, 4.69) is 10.1 Å². The van der Waals surface area contributed by atoms with E-state index >= 15 is 0 Å². The summed E-state index contributed by atoms with van der Waals surface area (Å²) >= 11 is 0. The first-order chi connectivity index (χ1) is 9.67. The summed E-state index contributed by atoms with van der Waals surface area (Å²) in [4.78, 5) is 4.35. The summed E-state index contributed by atoms with van der Waals surface area (Å²) in [5.74, 6) is 2.34. The van der Waals surface area contributed by atoms with Gasteiger partial charge in [0.05, 0.1) is 14.2 Å². The molecule has 0 saturated heterocycles. The van der Waals surface area contributed by atoms with Gasteiger partial charge < -0.3 is 19.7 Å². The Hall–Kier alpha value is -2.08. The van der Waals surface area contributed by atoms with E-state index in [0.29, 0.717) is 29.6 Å². The van der Waals surface area contributed by atoms with Gasteiger partial charge >= 0.3 is 0 Å². The molecular formula is C14H19N3O3. The van der Waals surface area contributed by atoms with Gasteiger partial charge in [-0.3, -0.25) is 0 Å². The largest absolute Gasteiger partial charge is 0.493 e. The molecule has 20 heavy (non-hydrogen) atoms. The molecule has 0 bridgehead atoms. The molecule has 0 amide bonds. The highest BCUT2D eigenvalue weighted by molar-refractivity contribution is 5.59. The molecular weight excluding hydrogens is 258 g/mol. The van der Waals surface area contributed by atoms with Gasteiger partial charge in [-0.25, -0.2) is 0 Å². The minimum absolute atomic E-state index is 0.0471. The maximum Gasteiger partial charge on any atom is 0.258 e. The fraction of sp³-hybridized carbons (Fsp3) is 0.429. The number of rotatable bonds is 6. The summed E-state index contributed by atoms with van der Waals surface area (Å²) in [5.41, 5.74) is 6.66. The smallest absolute Gasteiger partial charge is 0.258 e. The molecule has 108 valence electrons. The first-order valence-electron chi connectivity index (χ1n) is 6.48. The van der Waals surface area contributed by atoms with Crippen molar-refractivity contribution < 1.29 is 14.0 Å². The fourth-order valence-corrected chi connectivity index (χ4v) is 1.80. The lowest BCUT2D eigenvalue weighted by Gasteiger charge is -2.07. The molecule has 2 N–H and O–H groups in total. The summed E-state index contributed by atoms with van der Waals surface area (Å²) in [6.07, 6.45) is 1.48. The summed E-state index contributed by atoms with van der Waals surface area (Å²) in [6, 6.07) is 5.50. The van der Waals surface area contributed by atoms with Gasteiger partial charge in [-0.05, 0) is 24.6 Å². The lowest BCUT2D eigenvalue weighted by atomic mass is 10.1. The molecule has 0 spiro atoms. The average molecular weight is 277 g/mol. The van der Waals surface area contributed by atoms with Gasteiger partial charge in [0.15, 0.2) is 17.3 Å². The summed E-state index contributed by atoms with van der Waals surface area (Å²) < 4.78 is 15.7. The second-order valence-electron chi connectivity index (χ2n) is 4.46. The number of nitrogens with zero attached hydrogens (tertiary/aromatic N) is 2. The molecule has 0 fully saturated rings. The number of hydrogen-bond acceptors (Lipinski definition) is 6. The standard InChI is InChI=1S/C14H19N3O3/c1-4-10(15)8-13-16-14(20-17-13)9-5-6-11(18-2)12(7-9)19-3/h5-7,10H,4,8,15H2,1-3H3. The average Bonchev–Trinajstić information content (AvgIpc) is 2.94. The van der Waals surface area contributed by atoms with Crippen molar-refractivity contribution in [2.75, 3.05) is 14.2 Å². The van der Waals surface area contributed by atoms with Crippen molar-refractivity contribution in [3.63, 3.8) is 0 Å². The van der Waals surface area contributed by atoms with Crippen molar-refractivity contribution in [1.82, 2.24) is 10.1 Å². The molecule has 0 saturated carbocycles. The normalized spacial score (nSPS) is 12.2. The number of nitrogens with two attached hydrogens (primary N) is 1. The Balaban J connectivity index is 2.23. The minimum Gasteiger partial charge on any atom is -0.493 e. The van der Waals surface area contributed by atoms with E-state index in [1.165, 1.54) is 0 Å². The molecule has 0 aliphatic rings. The van der Waals surface area contributed by atoms with E-state index in [1.807, 2.05) is 13.0 Å². The zero-order valence-electron chi connectivity index (χ0n) is 11.9. The highest BCUT2D eigenvalue weighted by Crippen LogP contribution is 2.31. The highest BCUT2D eigenvalue weighted by Gasteiger charge is 2.13. The van der Waals surface area contributed by atoms with Crippen LogP contribution in [0.2, 0.25) is 0 Å². The van der Waals surface area contributed by atoms with Crippen LogP contribution in [-0.2, 0) is 6.42 Å². The third-order valence-corrected chi connectivity index (χ3v) is 3.07. The Morgan fingerprint density at radius 3 is 2.65 bits per heavy atom. The molecule has 1 aromatic heterocycles. The van der Waals surface area contributed by atoms with Gasteiger partial charge in [0.1, 0.15) is 0 Å². The first kappa shape index (κ1) is 14.3. The maximum atomic E-state index is 5.88. The molecule has 0 aliphatic carbocycles. The Labute approximate surface area is 117 Å². The summed E-state index contributed by atoms with van der Waals surface area (Å²) in [5, 5.41) is 3.94. The Bertz CT molecular complexity index is 569. The molecule has 2 aromatic rings. The molecule has 6 heteroatoms.